The van der Waals surface area contributed by atoms with Crippen LogP contribution in [0.25, 0.3) is 0 Å². The second-order valence-corrected chi connectivity index (χ2v) is 14.7. The normalized spacial score (nSPS) is 17.1. The molecule has 1 aliphatic heterocycles. The average Bonchev–Trinajstić information content (AvgIpc) is 2.79. The van der Waals surface area contributed by atoms with Crippen LogP contribution in [0.1, 0.15) is 55.7 Å². The van der Waals surface area contributed by atoms with E-state index in [-0.39, 0.29) is 24.1 Å². The van der Waals surface area contributed by atoms with Crippen molar-refractivity contribution in [2.75, 3.05) is 23.8 Å². The van der Waals surface area contributed by atoms with Crippen LogP contribution in [-0.2, 0) is 20.9 Å². The first-order valence-corrected chi connectivity index (χ1v) is 15.2. The van der Waals surface area contributed by atoms with Gasteiger partial charge in [-0.3, -0.25) is 0 Å². The first-order valence-electron chi connectivity index (χ1n) is 12.1. The zero-order chi connectivity index (χ0) is 23.8. The molecule has 1 heterocycles. The molecular formula is C27H37ClNO3P. The molecule has 0 bridgehead atoms. The molecule has 1 unspecified atom stereocenters. The summed E-state index contributed by atoms with van der Waals surface area (Å²) in [6, 6.07) is 13.5. The van der Waals surface area contributed by atoms with E-state index in [2.05, 4.69) is 12.2 Å². The Kier molecular flexibility index (Phi) is 9.35. The van der Waals surface area contributed by atoms with E-state index in [0.717, 1.165) is 60.4 Å². The van der Waals surface area contributed by atoms with Crippen molar-refractivity contribution >= 4 is 36.4 Å². The fourth-order valence-corrected chi connectivity index (χ4v) is 11.3. The molecule has 1 N–H and O–H groups in total. The Morgan fingerprint density at radius 2 is 1.70 bits per heavy atom. The van der Waals surface area contributed by atoms with E-state index in [0.29, 0.717) is 11.2 Å². The van der Waals surface area contributed by atoms with Gasteiger partial charge in [0.2, 0.25) is 0 Å². The Morgan fingerprint density at radius 1 is 1.06 bits per heavy atom. The summed E-state index contributed by atoms with van der Waals surface area (Å²) in [7, 11) is -2.21. The summed E-state index contributed by atoms with van der Waals surface area (Å²) in [5.74, 6) is -0.0880. The molecule has 0 saturated carbocycles. The number of aryl methyl sites for hydroxylation is 2. The molecule has 2 aromatic carbocycles. The number of rotatable bonds is 9. The number of esters is 1. The fourth-order valence-electron chi connectivity index (χ4n) is 5.30. The number of carbonyl (C=O) groups is 2. The Hall–Kier alpha value is -1.90. The van der Waals surface area contributed by atoms with E-state index in [1.807, 2.05) is 56.3 Å². The maximum absolute atomic E-state index is 13.7. The summed E-state index contributed by atoms with van der Waals surface area (Å²) in [6.45, 7) is 6.35. The van der Waals surface area contributed by atoms with E-state index < -0.39 is 7.26 Å². The number of hydrogen-bond acceptors (Lipinski definition) is 3. The molecule has 180 valence electrons. The zero-order valence-electron chi connectivity index (χ0n) is 20.1. The molecule has 0 aromatic heterocycles. The number of benzene rings is 2. The van der Waals surface area contributed by atoms with Crippen LogP contribution in [0.2, 0.25) is 5.02 Å². The molecular weight excluding hydrogens is 453 g/mol. The zero-order valence-corrected chi connectivity index (χ0v) is 21.8. The number of anilines is 1. The van der Waals surface area contributed by atoms with Crippen molar-refractivity contribution in [3.05, 3.63) is 64.2 Å². The van der Waals surface area contributed by atoms with Gasteiger partial charge in [-0.2, -0.15) is 0 Å². The summed E-state index contributed by atoms with van der Waals surface area (Å²) in [4.78, 5) is 26.7. The van der Waals surface area contributed by atoms with Gasteiger partial charge in [0, 0.05) is 0 Å². The van der Waals surface area contributed by atoms with Gasteiger partial charge in [-0.05, 0) is 0 Å². The van der Waals surface area contributed by atoms with Gasteiger partial charge >= 0.3 is 204 Å². The van der Waals surface area contributed by atoms with Gasteiger partial charge in [0.15, 0.2) is 0 Å². The van der Waals surface area contributed by atoms with Crippen molar-refractivity contribution in [3.8, 4) is 0 Å². The second-order valence-electron chi connectivity index (χ2n) is 9.49. The Labute approximate surface area is 203 Å². The summed E-state index contributed by atoms with van der Waals surface area (Å²) >= 11 is 6.19. The third-order valence-electron chi connectivity index (χ3n) is 6.97. The van der Waals surface area contributed by atoms with E-state index in [1.54, 1.807) is 0 Å². The van der Waals surface area contributed by atoms with E-state index in [9.17, 15) is 9.59 Å². The average molecular weight is 490 g/mol. The van der Waals surface area contributed by atoms with Crippen LogP contribution in [0, 0.1) is 13.8 Å². The third-order valence-corrected chi connectivity index (χ3v) is 12.9. The molecule has 1 amide bonds. The van der Waals surface area contributed by atoms with E-state index in [1.165, 1.54) is 6.42 Å². The monoisotopic (exact) mass is 489 g/mol. The van der Waals surface area contributed by atoms with Crippen LogP contribution < -0.4 is 5.32 Å². The van der Waals surface area contributed by atoms with Crippen LogP contribution in [-0.4, -0.2) is 36.0 Å². The Bertz CT molecular complexity index is 934. The van der Waals surface area contributed by atoms with Crippen LogP contribution >= 0.6 is 18.9 Å². The summed E-state index contributed by atoms with van der Waals surface area (Å²) in [5, 5.41) is 3.90. The van der Waals surface area contributed by atoms with Crippen molar-refractivity contribution in [1.29, 1.82) is 0 Å². The molecule has 2 aromatic rings. The Balaban J connectivity index is 1.79. The van der Waals surface area contributed by atoms with E-state index in [4.69, 9.17) is 16.3 Å². The number of hydrogen-bond donors (Lipinski definition) is 1. The number of halogens is 1. The van der Waals surface area contributed by atoms with Gasteiger partial charge in [0.25, 0.3) is 0 Å². The van der Waals surface area contributed by atoms with Crippen molar-refractivity contribution < 1.29 is 14.3 Å². The second kappa shape index (κ2) is 12.0. The molecule has 1 saturated heterocycles. The minimum absolute atomic E-state index is 0.0646. The number of ether oxygens (including phenoxy) is 1. The predicted octanol–water partition coefficient (Wildman–Crippen LogP) is 6.74. The Morgan fingerprint density at radius 3 is 2.30 bits per heavy atom. The fraction of sp³-hybridized carbons (Fsp3) is 0.481. The first kappa shape index (κ1) is 25.7. The summed E-state index contributed by atoms with van der Waals surface area (Å²) in [6.07, 6.45) is 7.59. The van der Waals surface area contributed by atoms with Crippen molar-refractivity contribution in [2.24, 2.45) is 0 Å². The minimum atomic E-state index is -2.21. The third kappa shape index (κ3) is 6.80. The van der Waals surface area contributed by atoms with Gasteiger partial charge < -0.3 is 0 Å². The van der Waals surface area contributed by atoms with Crippen LogP contribution in [0.4, 0.5) is 5.69 Å². The summed E-state index contributed by atoms with van der Waals surface area (Å²) in [5.41, 5.74) is 3.66. The maximum atomic E-state index is 13.7. The molecule has 0 radical (unpaired) electrons. The van der Waals surface area contributed by atoms with Gasteiger partial charge in [-0.25, -0.2) is 0 Å². The van der Waals surface area contributed by atoms with Crippen molar-refractivity contribution in [3.63, 3.8) is 0 Å². The van der Waals surface area contributed by atoms with Crippen LogP contribution in [0.5, 0.6) is 0 Å². The molecule has 6 heteroatoms. The molecule has 0 aliphatic carbocycles. The standard InChI is InChI=1S/C27H37ClNO3P/c1-4-11-24(27(31)29-26-20(2)16-23(28)17-21(26)3)33(14-9-6-10-15-33)19-25(30)32-18-22-12-7-5-8-13-22/h5,7-8,12-13,16-17,24,33H,4,6,9-11,14-15,18-19H2,1-3H3,(H,29,31). The molecule has 1 aliphatic rings. The number of carbonyl (C=O) groups excluding carboxylic acids is 2. The van der Waals surface area contributed by atoms with Crippen LogP contribution in [0.15, 0.2) is 42.5 Å². The SMILES string of the molecule is CCCC(C(=O)Nc1c(C)cc(Cl)cc1C)[PH]1(CC(=O)OCc2ccccc2)CCCCC1. The topological polar surface area (TPSA) is 55.4 Å². The molecule has 0 spiro atoms. The molecule has 1 fully saturated rings. The van der Waals surface area contributed by atoms with E-state index >= 15 is 0 Å². The van der Waals surface area contributed by atoms with Gasteiger partial charge in [0.05, 0.1) is 0 Å². The number of amides is 1. The summed E-state index contributed by atoms with van der Waals surface area (Å²) < 4.78 is 5.68. The van der Waals surface area contributed by atoms with Crippen molar-refractivity contribution in [2.45, 2.75) is 65.1 Å². The molecule has 3 rings (SSSR count). The van der Waals surface area contributed by atoms with Gasteiger partial charge in [0.1, 0.15) is 0 Å². The quantitative estimate of drug-likeness (QED) is 0.313. The van der Waals surface area contributed by atoms with Gasteiger partial charge in [-0.1, -0.05) is 0 Å². The predicted molar refractivity (Wildman–Crippen MR) is 141 cm³/mol. The van der Waals surface area contributed by atoms with Gasteiger partial charge in [-0.15, -0.1) is 0 Å². The number of nitrogens with one attached hydrogen (secondary N) is 1. The molecule has 1 atom stereocenters. The molecule has 4 nitrogen and oxygen atoms in total. The first-order chi connectivity index (χ1) is 15.8. The van der Waals surface area contributed by atoms with Crippen molar-refractivity contribution in [1.82, 2.24) is 0 Å². The molecule has 33 heavy (non-hydrogen) atoms. The van der Waals surface area contributed by atoms with Crippen LogP contribution in [0.3, 0.4) is 0 Å².